The van der Waals surface area contributed by atoms with Gasteiger partial charge in [-0.1, -0.05) is 43.3 Å². The topological polar surface area (TPSA) is 93.1 Å². The molecule has 2 aromatic heterocycles. The zero-order valence-electron chi connectivity index (χ0n) is 22.3. The van der Waals surface area contributed by atoms with E-state index in [1.54, 1.807) is 11.3 Å². The van der Waals surface area contributed by atoms with Gasteiger partial charge in [0.25, 0.3) is 0 Å². The summed E-state index contributed by atoms with van der Waals surface area (Å²) < 4.78 is 26.6. The molecule has 1 saturated heterocycles. The lowest BCUT2D eigenvalue weighted by atomic mass is 9.95. The molecule has 4 aromatic rings. The van der Waals surface area contributed by atoms with Crippen LogP contribution in [0.1, 0.15) is 50.8 Å². The molecule has 1 fully saturated rings. The number of carbonyl (C=O) groups excluding carboxylic acids is 3. The number of hydrogen-bond acceptors (Lipinski definition) is 8. The highest BCUT2D eigenvalue weighted by Crippen LogP contribution is 2.39. The van der Waals surface area contributed by atoms with Crippen molar-refractivity contribution in [2.75, 3.05) is 0 Å². The van der Waals surface area contributed by atoms with Gasteiger partial charge in [-0.25, -0.2) is 0 Å². The molecule has 0 bridgehead atoms. The Labute approximate surface area is 230 Å². The lowest BCUT2D eigenvalue weighted by Crippen LogP contribution is -2.59. The van der Waals surface area contributed by atoms with Gasteiger partial charge in [0.1, 0.15) is 6.10 Å². The van der Waals surface area contributed by atoms with Crippen molar-refractivity contribution >= 4 is 50.2 Å². The summed E-state index contributed by atoms with van der Waals surface area (Å²) in [4.78, 5) is 37.6. The first kappa shape index (κ1) is 26.9. The predicted molar refractivity (Wildman–Crippen MR) is 147 cm³/mol. The predicted octanol–water partition coefficient (Wildman–Crippen LogP) is 5.55. The van der Waals surface area contributed by atoms with E-state index in [1.165, 1.54) is 35.7 Å². The maximum absolute atomic E-state index is 12.3. The Bertz CT molecular complexity index is 1490. The molecule has 2 aromatic carbocycles. The number of benzene rings is 2. The van der Waals surface area contributed by atoms with E-state index in [2.05, 4.69) is 24.3 Å². The minimum absolute atomic E-state index is 0.479. The highest BCUT2D eigenvalue weighted by atomic mass is 32.1. The quantitative estimate of drug-likeness (QED) is 0.220. The summed E-state index contributed by atoms with van der Waals surface area (Å²) in [7, 11) is 0. The minimum atomic E-state index is -1.05. The van der Waals surface area contributed by atoms with Crippen LogP contribution < -0.4 is 0 Å². The Balaban J connectivity index is 1.60. The number of aromatic nitrogens is 1. The van der Waals surface area contributed by atoms with Crippen molar-refractivity contribution in [3.05, 3.63) is 71.2 Å². The smallest absolute Gasteiger partial charge is 0.303 e. The Morgan fingerprint density at radius 2 is 1.51 bits per heavy atom. The number of fused-ring (bicyclic) bond motifs is 2. The number of esters is 3. The van der Waals surface area contributed by atoms with Gasteiger partial charge in [0, 0.05) is 48.4 Å². The van der Waals surface area contributed by atoms with E-state index < -0.39 is 48.6 Å². The average molecular weight is 550 g/mol. The van der Waals surface area contributed by atoms with E-state index in [0.717, 1.165) is 16.5 Å². The number of carbonyl (C=O) groups is 3. The van der Waals surface area contributed by atoms with Gasteiger partial charge in [0.2, 0.25) is 0 Å². The normalized spacial score (nSPS) is 23.0. The number of hydrogen-bond donors (Lipinski definition) is 0. The van der Waals surface area contributed by atoms with Crippen molar-refractivity contribution in [3.8, 4) is 0 Å². The SMILES string of the molecule is CC[C@H]1OC(n2cc(Cc3cc4ccccc4s3)c3ccccc32)[C@H](OC(C)=O)[C@@H](OC(C)=O)[C@@H]1OC(C)=O. The molecule has 0 saturated carbocycles. The summed E-state index contributed by atoms with van der Waals surface area (Å²) in [6.45, 7) is 5.74. The van der Waals surface area contributed by atoms with Crippen LogP contribution in [0.4, 0.5) is 0 Å². The first-order chi connectivity index (χ1) is 18.7. The van der Waals surface area contributed by atoms with E-state index in [-0.39, 0.29) is 0 Å². The molecule has 204 valence electrons. The zero-order valence-corrected chi connectivity index (χ0v) is 23.1. The Morgan fingerprint density at radius 1 is 0.872 bits per heavy atom. The third-order valence-electron chi connectivity index (χ3n) is 6.86. The molecule has 0 amide bonds. The molecule has 0 radical (unpaired) electrons. The molecule has 3 heterocycles. The van der Waals surface area contributed by atoms with Crippen molar-refractivity contribution in [1.29, 1.82) is 0 Å². The highest BCUT2D eigenvalue weighted by Gasteiger charge is 2.52. The van der Waals surface area contributed by atoms with Gasteiger partial charge in [-0.05, 0) is 35.6 Å². The molecule has 1 unspecified atom stereocenters. The summed E-state index contributed by atoms with van der Waals surface area (Å²) in [5.41, 5.74) is 1.97. The van der Waals surface area contributed by atoms with Crippen LogP contribution in [-0.2, 0) is 39.8 Å². The molecule has 9 heteroatoms. The molecule has 1 aliphatic rings. The molecule has 1 aliphatic heterocycles. The molecule has 0 aliphatic carbocycles. The third kappa shape index (κ3) is 5.55. The van der Waals surface area contributed by atoms with Crippen LogP contribution in [0.5, 0.6) is 0 Å². The molecular weight excluding hydrogens is 518 g/mol. The van der Waals surface area contributed by atoms with Gasteiger partial charge in [0.15, 0.2) is 24.5 Å². The monoisotopic (exact) mass is 549 g/mol. The molecule has 0 spiro atoms. The van der Waals surface area contributed by atoms with Crippen molar-refractivity contribution < 1.29 is 33.3 Å². The summed E-state index contributed by atoms with van der Waals surface area (Å²) in [6, 6.07) is 18.5. The van der Waals surface area contributed by atoms with E-state index >= 15 is 0 Å². The van der Waals surface area contributed by atoms with Crippen LogP contribution in [0, 0.1) is 0 Å². The molecule has 39 heavy (non-hydrogen) atoms. The lowest BCUT2D eigenvalue weighted by Gasteiger charge is -2.45. The van der Waals surface area contributed by atoms with Crippen molar-refractivity contribution in [3.63, 3.8) is 0 Å². The van der Waals surface area contributed by atoms with Crippen LogP contribution in [0.2, 0.25) is 0 Å². The van der Waals surface area contributed by atoms with Crippen LogP contribution in [0.3, 0.4) is 0 Å². The Morgan fingerprint density at radius 3 is 2.21 bits per heavy atom. The molecule has 5 rings (SSSR count). The first-order valence-electron chi connectivity index (χ1n) is 13.0. The fraction of sp³-hybridized carbons (Fsp3) is 0.367. The van der Waals surface area contributed by atoms with E-state index in [9.17, 15) is 14.4 Å². The lowest BCUT2D eigenvalue weighted by molar-refractivity contribution is -0.262. The number of rotatable bonds is 7. The molecule has 8 nitrogen and oxygen atoms in total. The van der Waals surface area contributed by atoms with Crippen LogP contribution in [0.15, 0.2) is 60.8 Å². The van der Waals surface area contributed by atoms with Crippen molar-refractivity contribution in [1.82, 2.24) is 4.57 Å². The third-order valence-corrected chi connectivity index (χ3v) is 7.97. The maximum atomic E-state index is 12.3. The highest BCUT2D eigenvalue weighted by molar-refractivity contribution is 7.19. The largest absolute Gasteiger partial charge is 0.456 e. The van der Waals surface area contributed by atoms with E-state index in [0.29, 0.717) is 12.8 Å². The number of nitrogens with zero attached hydrogens (tertiary/aromatic N) is 1. The summed E-state index contributed by atoms with van der Waals surface area (Å²) in [5.74, 6) is -1.69. The zero-order chi connectivity index (χ0) is 27.7. The van der Waals surface area contributed by atoms with Gasteiger partial charge < -0.3 is 23.5 Å². The van der Waals surface area contributed by atoms with Gasteiger partial charge in [0.05, 0.1) is 5.52 Å². The fourth-order valence-electron chi connectivity index (χ4n) is 5.36. The van der Waals surface area contributed by atoms with Gasteiger partial charge in [-0.3, -0.25) is 14.4 Å². The van der Waals surface area contributed by atoms with E-state index in [4.69, 9.17) is 18.9 Å². The van der Waals surface area contributed by atoms with Crippen LogP contribution in [0.25, 0.3) is 21.0 Å². The van der Waals surface area contributed by atoms with E-state index in [1.807, 2.05) is 48.0 Å². The Kier molecular flexibility index (Phi) is 7.72. The molecule has 5 atom stereocenters. The number of thiophene rings is 1. The average Bonchev–Trinajstić information content (AvgIpc) is 3.46. The van der Waals surface area contributed by atoms with Crippen LogP contribution >= 0.6 is 11.3 Å². The van der Waals surface area contributed by atoms with Gasteiger partial charge in [-0.2, -0.15) is 0 Å². The van der Waals surface area contributed by atoms with Gasteiger partial charge >= 0.3 is 17.9 Å². The number of ether oxygens (including phenoxy) is 4. The first-order valence-corrected chi connectivity index (χ1v) is 13.8. The van der Waals surface area contributed by atoms with Crippen molar-refractivity contribution in [2.45, 2.75) is 71.2 Å². The number of para-hydroxylation sites is 1. The minimum Gasteiger partial charge on any atom is -0.456 e. The van der Waals surface area contributed by atoms with Crippen molar-refractivity contribution in [2.24, 2.45) is 0 Å². The fourth-order valence-corrected chi connectivity index (χ4v) is 6.45. The standard InChI is InChI=1S/C30H31NO7S/c1-5-25-27(35-17(2)32)28(36-18(3)33)29(37-19(4)34)30(38-25)31-16-21(23-11-7-8-12-24(23)31)15-22-14-20-10-6-9-13-26(20)39-22/h6-14,16,25,27-30H,5,15H2,1-4H3/t25-,27-,28+,29-,30?/m1/s1. The van der Waals surface area contributed by atoms with Gasteiger partial charge in [-0.15, -0.1) is 11.3 Å². The summed E-state index contributed by atoms with van der Waals surface area (Å²) in [5, 5.41) is 2.25. The maximum Gasteiger partial charge on any atom is 0.303 e. The second-order valence-electron chi connectivity index (χ2n) is 9.70. The van der Waals surface area contributed by atoms with Crippen LogP contribution in [-0.4, -0.2) is 46.9 Å². The second kappa shape index (κ2) is 11.2. The molecular formula is C30H31NO7S. The Hall–Kier alpha value is -3.69. The summed E-state index contributed by atoms with van der Waals surface area (Å²) in [6.07, 6.45) is -1.25. The molecule has 0 N–H and O–H groups in total. The summed E-state index contributed by atoms with van der Waals surface area (Å²) >= 11 is 1.76. The second-order valence-corrected chi connectivity index (χ2v) is 10.9.